The van der Waals surface area contributed by atoms with Crippen LogP contribution in [0.3, 0.4) is 0 Å². The fraction of sp³-hybridized carbons (Fsp3) is 0.600. The molecular weight excluding hydrogens is 210 g/mol. The Morgan fingerprint density at radius 3 is 2.24 bits per heavy atom. The fourth-order valence-electron chi connectivity index (χ4n) is 1.84. The van der Waals surface area contributed by atoms with Gasteiger partial charge in [-0.25, -0.2) is 0 Å². The monoisotopic (exact) mass is 235 g/mol. The molecule has 1 unspecified atom stereocenters. The zero-order valence-electron chi connectivity index (χ0n) is 11.5. The first-order valence-corrected chi connectivity index (χ1v) is 6.48. The van der Waals surface area contributed by atoms with Crippen molar-refractivity contribution in [2.45, 2.75) is 39.5 Å². The van der Waals surface area contributed by atoms with Crippen molar-refractivity contribution in [3.05, 3.63) is 29.8 Å². The summed E-state index contributed by atoms with van der Waals surface area (Å²) in [5.74, 6) is 1.47. The van der Waals surface area contributed by atoms with E-state index < -0.39 is 0 Å². The molecule has 0 saturated carbocycles. The van der Waals surface area contributed by atoms with Crippen LogP contribution in [0.2, 0.25) is 0 Å². The van der Waals surface area contributed by atoms with Crippen LogP contribution in [0.5, 0.6) is 5.75 Å². The van der Waals surface area contributed by atoms with Gasteiger partial charge in [0.15, 0.2) is 0 Å². The normalized spacial score (nSPS) is 14.7. The lowest BCUT2D eigenvalue weighted by Crippen LogP contribution is -2.36. The number of ether oxygens (including phenoxy) is 1. The standard InChI is InChI=1S/C15H25NO/c1-5-10-17-14-8-6-13(7-9-14)15(4,11-16)12(2)3/h6-9,12H,5,10-11,16H2,1-4H3. The number of rotatable bonds is 6. The van der Waals surface area contributed by atoms with Gasteiger partial charge < -0.3 is 10.5 Å². The maximum Gasteiger partial charge on any atom is 0.119 e. The van der Waals surface area contributed by atoms with E-state index in [1.54, 1.807) is 0 Å². The van der Waals surface area contributed by atoms with E-state index >= 15 is 0 Å². The van der Waals surface area contributed by atoms with E-state index in [4.69, 9.17) is 10.5 Å². The zero-order valence-corrected chi connectivity index (χ0v) is 11.5. The van der Waals surface area contributed by atoms with E-state index in [2.05, 4.69) is 39.8 Å². The summed E-state index contributed by atoms with van der Waals surface area (Å²) in [6, 6.07) is 8.36. The summed E-state index contributed by atoms with van der Waals surface area (Å²) in [5, 5.41) is 0. The van der Waals surface area contributed by atoms with Gasteiger partial charge in [-0.15, -0.1) is 0 Å². The molecule has 17 heavy (non-hydrogen) atoms. The molecule has 1 rings (SSSR count). The third-order valence-electron chi connectivity index (χ3n) is 3.68. The van der Waals surface area contributed by atoms with Crippen LogP contribution in [0.1, 0.15) is 39.7 Å². The van der Waals surface area contributed by atoms with Gasteiger partial charge in [-0.3, -0.25) is 0 Å². The van der Waals surface area contributed by atoms with Gasteiger partial charge in [0.1, 0.15) is 5.75 Å². The van der Waals surface area contributed by atoms with Crippen molar-refractivity contribution in [2.75, 3.05) is 13.2 Å². The molecule has 1 atom stereocenters. The molecule has 2 nitrogen and oxygen atoms in total. The number of hydrogen-bond donors (Lipinski definition) is 1. The van der Waals surface area contributed by atoms with Crippen molar-refractivity contribution in [1.29, 1.82) is 0 Å². The first-order chi connectivity index (χ1) is 8.04. The van der Waals surface area contributed by atoms with Crippen LogP contribution in [0, 0.1) is 5.92 Å². The highest BCUT2D eigenvalue weighted by atomic mass is 16.5. The predicted octanol–water partition coefficient (Wildman–Crippen LogP) is 3.35. The highest BCUT2D eigenvalue weighted by molar-refractivity contribution is 5.32. The van der Waals surface area contributed by atoms with Crippen LogP contribution in [-0.2, 0) is 5.41 Å². The average molecular weight is 235 g/mol. The number of nitrogens with two attached hydrogens (primary N) is 1. The van der Waals surface area contributed by atoms with Crippen LogP contribution in [-0.4, -0.2) is 13.2 Å². The summed E-state index contributed by atoms with van der Waals surface area (Å²) in [6.45, 7) is 10.2. The fourth-order valence-corrected chi connectivity index (χ4v) is 1.84. The van der Waals surface area contributed by atoms with Crippen molar-refractivity contribution in [3.8, 4) is 5.75 Å². The molecule has 0 saturated heterocycles. The van der Waals surface area contributed by atoms with E-state index in [9.17, 15) is 0 Å². The molecule has 2 heteroatoms. The Morgan fingerprint density at radius 2 is 1.82 bits per heavy atom. The highest BCUT2D eigenvalue weighted by Gasteiger charge is 2.28. The Hall–Kier alpha value is -1.02. The lowest BCUT2D eigenvalue weighted by atomic mass is 9.73. The Labute approximate surface area is 105 Å². The second-order valence-corrected chi connectivity index (χ2v) is 5.15. The quantitative estimate of drug-likeness (QED) is 0.820. The number of hydrogen-bond acceptors (Lipinski definition) is 2. The molecule has 0 aliphatic heterocycles. The van der Waals surface area contributed by atoms with Crippen molar-refractivity contribution in [3.63, 3.8) is 0 Å². The van der Waals surface area contributed by atoms with E-state index in [0.29, 0.717) is 12.5 Å². The van der Waals surface area contributed by atoms with Crippen LogP contribution in [0.4, 0.5) is 0 Å². The first kappa shape index (κ1) is 14.0. The average Bonchev–Trinajstić information content (AvgIpc) is 2.35. The van der Waals surface area contributed by atoms with Crippen LogP contribution in [0.25, 0.3) is 0 Å². The minimum absolute atomic E-state index is 0.0449. The molecule has 1 aromatic rings. The van der Waals surface area contributed by atoms with Crippen LogP contribution >= 0.6 is 0 Å². The van der Waals surface area contributed by atoms with Gasteiger partial charge in [-0.05, 0) is 30.0 Å². The minimum Gasteiger partial charge on any atom is -0.494 e. The summed E-state index contributed by atoms with van der Waals surface area (Å²) >= 11 is 0. The number of benzene rings is 1. The van der Waals surface area contributed by atoms with Gasteiger partial charge in [-0.1, -0.05) is 39.8 Å². The summed E-state index contributed by atoms with van der Waals surface area (Å²) in [7, 11) is 0. The van der Waals surface area contributed by atoms with Crippen LogP contribution in [0.15, 0.2) is 24.3 Å². The Kier molecular flexibility index (Phi) is 5.01. The summed E-state index contributed by atoms with van der Waals surface area (Å²) < 4.78 is 5.59. The summed E-state index contributed by atoms with van der Waals surface area (Å²) in [6.07, 6.45) is 1.04. The van der Waals surface area contributed by atoms with E-state index in [1.165, 1.54) is 5.56 Å². The molecule has 0 spiro atoms. The summed E-state index contributed by atoms with van der Waals surface area (Å²) in [4.78, 5) is 0. The van der Waals surface area contributed by atoms with Crippen molar-refractivity contribution in [1.82, 2.24) is 0 Å². The Morgan fingerprint density at radius 1 is 1.24 bits per heavy atom. The minimum atomic E-state index is 0.0449. The first-order valence-electron chi connectivity index (χ1n) is 6.48. The molecule has 1 aromatic carbocycles. The van der Waals surface area contributed by atoms with E-state index in [1.807, 2.05) is 12.1 Å². The molecule has 0 radical (unpaired) electrons. The van der Waals surface area contributed by atoms with Gasteiger partial charge >= 0.3 is 0 Å². The SMILES string of the molecule is CCCOc1ccc(C(C)(CN)C(C)C)cc1. The third kappa shape index (κ3) is 3.22. The second-order valence-electron chi connectivity index (χ2n) is 5.15. The van der Waals surface area contributed by atoms with Gasteiger partial charge in [0.2, 0.25) is 0 Å². The molecule has 96 valence electrons. The third-order valence-corrected chi connectivity index (χ3v) is 3.68. The van der Waals surface area contributed by atoms with Gasteiger partial charge in [0, 0.05) is 12.0 Å². The molecule has 0 aliphatic carbocycles. The maximum absolute atomic E-state index is 5.93. The topological polar surface area (TPSA) is 35.2 Å². The molecule has 0 aromatic heterocycles. The van der Waals surface area contributed by atoms with Crippen molar-refractivity contribution >= 4 is 0 Å². The molecule has 0 bridgehead atoms. The molecule has 2 N–H and O–H groups in total. The lowest BCUT2D eigenvalue weighted by molar-refractivity contribution is 0.316. The van der Waals surface area contributed by atoms with E-state index in [0.717, 1.165) is 18.8 Å². The lowest BCUT2D eigenvalue weighted by Gasteiger charge is -2.33. The molecular formula is C15H25NO. The van der Waals surface area contributed by atoms with Gasteiger partial charge in [-0.2, -0.15) is 0 Å². The van der Waals surface area contributed by atoms with Crippen molar-refractivity contribution in [2.24, 2.45) is 11.7 Å². The van der Waals surface area contributed by atoms with E-state index in [-0.39, 0.29) is 5.41 Å². The molecule has 0 heterocycles. The molecule has 0 fully saturated rings. The second kappa shape index (κ2) is 6.06. The Balaban J connectivity index is 2.85. The highest BCUT2D eigenvalue weighted by Crippen LogP contribution is 2.31. The zero-order chi connectivity index (χ0) is 12.9. The largest absolute Gasteiger partial charge is 0.494 e. The Bertz CT molecular complexity index is 331. The van der Waals surface area contributed by atoms with Crippen LogP contribution < -0.4 is 10.5 Å². The predicted molar refractivity (Wildman–Crippen MR) is 73.5 cm³/mol. The summed E-state index contributed by atoms with van der Waals surface area (Å²) in [5.41, 5.74) is 7.26. The van der Waals surface area contributed by atoms with Gasteiger partial charge in [0.05, 0.1) is 6.61 Å². The molecule has 0 aliphatic rings. The van der Waals surface area contributed by atoms with Gasteiger partial charge in [0.25, 0.3) is 0 Å². The smallest absolute Gasteiger partial charge is 0.119 e. The van der Waals surface area contributed by atoms with Crippen molar-refractivity contribution < 1.29 is 4.74 Å². The maximum atomic E-state index is 5.93. The molecule has 0 amide bonds.